The maximum atomic E-state index is 9.58. The molecule has 0 saturated carbocycles. The molecule has 86 valence electrons. The summed E-state index contributed by atoms with van der Waals surface area (Å²) in [6.45, 7) is 5.10. The number of hydrogen-bond donors (Lipinski definition) is 1. The molecule has 0 saturated heterocycles. The molecular weight excluding hydrogens is 176 g/mol. The molecule has 1 N–H and O–H groups in total. The first-order valence-electron chi connectivity index (χ1n) is 5.57. The van der Waals surface area contributed by atoms with E-state index in [4.69, 9.17) is 0 Å². The first-order valence-corrected chi connectivity index (χ1v) is 5.57. The molecule has 0 fully saturated rings. The van der Waals surface area contributed by atoms with Gasteiger partial charge in [-0.1, -0.05) is 13.3 Å². The van der Waals surface area contributed by atoms with Crippen molar-refractivity contribution in [3.05, 3.63) is 0 Å². The Labute approximate surface area is 88.7 Å². The zero-order chi connectivity index (χ0) is 11.0. The van der Waals surface area contributed by atoms with Gasteiger partial charge < -0.3 is 14.9 Å². The molecule has 0 bridgehead atoms. The fourth-order valence-electron chi connectivity index (χ4n) is 1.53. The molecule has 1 atom stereocenters. The molecule has 0 aromatic carbocycles. The van der Waals surface area contributed by atoms with E-state index in [0.717, 1.165) is 32.5 Å². The van der Waals surface area contributed by atoms with E-state index in [9.17, 15) is 5.11 Å². The van der Waals surface area contributed by atoms with Gasteiger partial charge in [-0.05, 0) is 47.1 Å². The Kier molecular flexibility index (Phi) is 8.14. The van der Waals surface area contributed by atoms with E-state index in [1.54, 1.807) is 0 Å². The van der Waals surface area contributed by atoms with Crippen molar-refractivity contribution in [2.45, 2.75) is 32.3 Å². The SMILES string of the molecule is CCCC(O)CN(C)CCCN(C)C. The third kappa shape index (κ3) is 8.48. The van der Waals surface area contributed by atoms with Crippen molar-refractivity contribution in [1.82, 2.24) is 9.80 Å². The summed E-state index contributed by atoms with van der Waals surface area (Å²) in [6, 6.07) is 0. The van der Waals surface area contributed by atoms with Gasteiger partial charge in [-0.2, -0.15) is 0 Å². The van der Waals surface area contributed by atoms with Crippen LogP contribution in [0, 0.1) is 0 Å². The molecule has 0 aromatic heterocycles. The first-order chi connectivity index (χ1) is 6.56. The highest BCUT2D eigenvalue weighted by atomic mass is 16.3. The molecule has 0 aliphatic carbocycles. The lowest BCUT2D eigenvalue weighted by Crippen LogP contribution is -2.31. The topological polar surface area (TPSA) is 26.7 Å². The van der Waals surface area contributed by atoms with Gasteiger partial charge in [0.2, 0.25) is 0 Å². The van der Waals surface area contributed by atoms with Crippen LogP contribution in [0.1, 0.15) is 26.2 Å². The Morgan fingerprint density at radius 3 is 2.29 bits per heavy atom. The van der Waals surface area contributed by atoms with Crippen molar-refractivity contribution >= 4 is 0 Å². The molecule has 3 heteroatoms. The van der Waals surface area contributed by atoms with E-state index in [2.05, 4.69) is 37.9 Å². The minimum Gasteiger partial charge on any atom is -0.392 e. The lowest BCUT2D eigenvalue weighted by molar-refractivity contribution is 0.115. The highest BCUT2D eigenvalue weighted by Crippen LogP contribution is 1.99. The molecule has 0 aliphatic heterocycles. The van der Waals surface area contributed by atoms with Crippen molar-refractivity contribution in [3.8, 4) is 0 Å². The fraction of sp³-hybridized carbons (Fsp3) is 1.00. The second-order valence-electron chi connectivity index (χ2n) is 4.36. The van der Waals surface area contributed by atoms with Crippen LogP contribution in [-0.4, -0.2) is 61.8 Å². The standard InChI is InChI=1S/C11H26N2O/c1-5-7-11(14)10-13(4)9-6-8-12(2)3/h11,14H,5-10H2,1-4H3. The quantitative estimate of drug-likeness (QED) is 0.637. The highest BCUT2D eigenvalue weighted by Gasteiger charge is 2.06. The van der Waals surface area contributed by atoms with E-state index >= 15 is 0 Å². The zero-order valence-electron chi connectivity index (χ0n) is 10.2. The molecule has 0 amide bonds. The zero-order valence-corrected chi connectivity index (χ0v) is 10.2. The Bertz CT molecular complexity index is 128. The summed E-state index contributed by atoms with van der Waals surface area (Å²) >= 11 is 0. The van der Waals surface area contributed by atoms with Crippen LogP contribution in [0.3, 0.4) is 0 Å². The summed E-state index contributed by atoms with van der Waals surface area (Å²) in [5.74, 6) is 0. The molecular formula is C11H26N2O. The van der Waals surface area contributed by atoms with Gasteiger partial charge in [0.15, 0.2) is 0 Å². The molecule has 0 aliphatic rings. The van der Waals surface area contributed by atoms with Crippen molar-refractivity contribution in [2.75, 3.05) is 40.8 Å². The van der Waals surface area contributed by atoms with Crippen molar-refractivity contribution in [2.24, 2.45) is 0 Å². The Hall–Kier alpha value is -0.120. The van der Waals surface area contributed by atoms with Crippen LogP contribution in [0.15, 0.2) is 0 Å². The van der Waals surface area contributed by atoms with Crippen molar-refractivity contribution in [1.29, 1.82) is 0 Å². The molecule has 0 heterocycles. The number of rotatable bonds is 8. The molecule has 1 unspecified atom stereocenters. The Morgan fingerprint density at radius 1 is 1.14 bits per heavy atom. The van der Waals surface area contributed by atoms with Gasteiger partial charge in [0, 0.05) is 6.54 Å². The fourth-order valence-corrected chi connectivity index (χ4v) is 1.53. The van der Waals surface area contributed by atoms with Crippen LogP contribution in [0.4, 0.5) is 0 Å². The highest BCUT2D eigenvalue weighted by molar-refractivity contribution is 4.61. The maximum absolute atomic E-state index is 9.58. The summed E-state index contributed by atoms with van der Waals surface area (Å²) in [6.07, 6.45) is 3.00. The summed E-state index contributed by atoms with van der Waals surface area (Å²) in [5, 5.41) is 9.58. The van der Waals surface area contributed by atoms with Crippen LogP contribution in [0.25, 0.3) is 0 Å². The number of hydrogen-bond acceptors (Lipinski definition) is 3. The van der Waals surface area contributed by atoms with Gasteiger partial charge >= 0.3 is 0 Å². The summed E-state index contributed by atoms with van der Waals surface area (Å²) in [4.78, 5) is 4.40. The maximum Gasteiger partial charge on any atom is 0.0666 e. The minimum atomic E-state index is -0.149. The number of aliphatic hydroxyl groups excluding tert-OH is 1. The van der Waals surface area contributed by atoms with Crippen LogP contribution in [0.5, 0.6) is 0 Å². The molecule has 3 nitrogen and oxygen atoms in total. The van der Waals surface area contributed by atoms with Crippen molar-refractivity contribution < 1.29 is 5.11 Å². The lowest BCUT2D eigenvalue weighted by Gasteiger charge is -2.21. The van der Waals surface area contributed by atoms with Crippen LogP contribution >= 0.6 is 0 Å². The first kappa shape index (κ1) is 13.9. The summed E-state index contributed by atoms with van der Waals surface area (Å²) < 4.78 is 0. The summed E-state index contributed by atoms with van der Waals surface area (Å²) in [7, 11) is 6.26. The normalized spacial score (nSPS) is 13.9. The van der Waals surface area contributed by atoms with Gasteiger partial charge in [-0.25, -0.2) is 0 Å². The monoisotopic (exact) mass is 202 g/mol. The largest absolute Gasteiger partial charge is 0.392 e. The van der Waals surface area contributed by atoms with Gasteiger partial charge in [0.1, 0.15) is 0 Å². The van der Waals surface area contributed by atoms with E-state index in [0.29, 0.717) is 0 Å². The number of nitrogens with zero attached hydrogens (tertiary/aromatic N) is 2. The van der Waals surface area contributed by atoms with E-state index < -0.39 is 0 Å². The van der Waals surface area contributed by atoms with E-state index in [1.165, 1.54) is 6.42 Å². The smallest absolute Gasteiger partial charge is 0.0666 e. The Morgan fingerprint density at radius 2 is 1.79 bits per heavy atom. The average molecular weight is 202 g/mol. The van der Waals surface area contributed by atoms with E-state index in [-0.39, 0.29) is 6.10 Å². The number of likely N-dealkylation sites (N-methyl/N-ethyl adjacent to an activating group) is 1. The molecule has 0 rings (SSSR count). The van der Waals surface area contributed by atoms with Crippen molar-refractivity contribution in [3.63, 3.8) is 0 Å². The van der Waals surface area contributed by atoms with Gasteiger partial charge in [0.25, 0.3) is 0 Å². The second kappa shape index (κ2) is 8.21. The van der Waals surface area contributed by atoms with Gasteiger partial charge in [-0.15, -0.1) is 0 Å². The van der Waals surface area contributed by atoms with Crippen LogP contribution in [0.2, 0.25) is 0 Å². The molecule has 14 heavy (non-hydrogen) atoms. The third-order valence-electron chi connectivity index (χ3n) is 2.29. The third-order valence-corrected chi connectivity index (χ3v) is 2.29. The Balaban J connectivity index is 3.39. The average Bonchev–Trinajstić information content (AvgIpc) is 2.03. The second-order valence-corrected chi connectivity index (χ2v) is 4.36. The van der Waals surface area contributed by atoms with Crippen LogP contribution in [-0.2, 0) is 0 Å². The molecule has 0 radical (unpaired) electrons. The predicted molar refractivity (Wildman–Crippen MR) is 61.6 cm³/mol. The summed E-state index contributed by atoms with van der Waals surface area (Å²) in [5.41, 5.74) is 0. The van der Waals surface area contributed by atoms with Crippen LogP contribution < -0.4 is 0 Å². The number of aliphatic hydroxyl groups is 1. The lowest BCUT2D eigenvalue weighted by atomic mass is 10.2. The molecule has 0 spiro atoms. The van der Waals surface area contributed by atoms with Gasteiger partial charge in [-0.3, -0.25) is 0 Å². The minimum absolute atomic E-state index is 0.149. The van der Waals surface area contributed by atoms with Gasteiger partial charge in [0.05, 0.1) is 6.10 Å². The molecule has 0 aromatic rings. The van der Waals surface area contributed by atoms with E-state index in [1.807, 2.05) is 0 Å². The predicted octanol–water partition coefficient (Wildman–Crippen LogP) is 1.03.